The molecule has 1 aromatic rings. The summed E-state index contributed by atoms with van der Waals surface area (Å²) in [6.07, 6.45) is 8.44. The van der Waals surface area contributed by atoms with Gasteiger partial charge in [0.25, 0.3) is 5.91 Å². The topological polar surface area (TPSA) is 65.5 Å². The van der Waals surface area contributed by atoms with Gasteiger partial charge in [-0.15, -0.1) is 0 Å². The predicted molar refractivity (Wildman–Crippen MR) is 101 cm³/mol. The number of carbonyl (C=O) groups is 2. The zero-order valence-electron chi connectivity index (χ0n) is 15.7. The molecule has 6 nitrogen and oxygen atoms in total. The minimum absolute atomic E-state index is 0.00988. The average Bonchev–Trinajstić information content (AvgIpc) is 2.72. The molecule has 3 heterocycles. The van der Waals surface area contributed by atoms with Crippen LogP contribution in [0.5, 0.6) is 0 Å². The Hall–Kier alpha value is -1.95. The Kier molecular flexibility index (Phi) is 6.61. The normalized spacial score (nSPS) is 21.7. The van der Waals surface area contributed by atoms with E-state index in [-0.39, 0.29) is 17.7 Å². The van der Waals surface area contributed by atoms with Gasteiger partial charge in [-0.05, 0) is 63.7 Å². The van der Waals surface area contributed by atoms with Crippen molar-refractivity contribution in [3.63, 3.8) is 0 Å². The summed E-state index contributed by atoms with van der Waals surface area (Å²) in [6, 6.07) is 3.48. The van der Waals surface area contributed by atoms with Crippen LogP contribution in [0.3, 0.4) is 0 Å². The fraction of sp³-hybridized carbons (Fsp3) is 0.650. The quantitative estimate of drug-likeness (QED) is 0.871. The SMILES string of the molecule is CNCCC1CCN(C(=O)C2CCCN(C(=O)c3ccncc3)C2)CC1. The summed E-state index contributed by atoms with van der Waals surface area (Å²) < 4.78 is 0. The summed E-state index contributed by atoms with van der Waals surface area (Å²) in [6.45, 7) is 4.05. The van der Waals surface area contributed by atoms with Gasteiger partial charge in [0.15, 0.2) is 0 Å². The van der Waals surface area contributed by atoms with E-state index in [1.165, 1.54) is 6.42 Å². The third kappa shape index (κ3) is 4.61. The van der Waals surface area contributed by atoms with Crippen LogP contribution in [0.15, 0.2) is 24.5 Å². The van der Waals surface area contributed by atoms with Gasteiger partial charge in [-0.2, -0.15) is 0 Å². The summed E-state index contributed by atoms with van der Waals surface area (Å²) in [7, 11) is 1.99. The molecule has 6 heteroatoms. The Morgan fingerprint density at radius 1 is 1.12 bits per heavy atom. The van der Waals surface area contributed by atoms with E-state index in [0.29, 0.717) is 12.1 Å². The van der Waals surface area contributed by atoms with Gasteiger partial charge in [-0.1, -0.05) is 0 Å². The zero-order chi connectivity index (χ0) is 18.4. The van der Waals surface area contributed by atoms with Crippen LogP contribution in [-0.2, 0) is 4.79 Å². The van der Waals surface area contributed by atoms with Crippen molar-refractivity contribution in [3.05, 3.63) is 30.1 Å². The highest BCUT2D eigenvalue weighted by atomic mass is 16.2. The lowest BCUT2D eigenvalue weighted by molar-refractivity contribution is -0.138. The van der Waals surface area contributed by atoms with E-state index in [2.05, 4.69) is 10.3 Å². The maximum Gasteiger partial charge on any atom is 0.253 e. The minimum atomic E-state index is -0.0524. The van der Waals surface area contributed by atoms with Gasteiger partial charge in [0.05, 0.1) is 5.92 Å². The van der Waals surface area contributed by atoms with Crippen molar-refractivity contribution in [1.29, 1.82) is 0 Å². The molecule has 26 heavy (non-hydrogen) atoms. The van der Waals surface area contributed by atoms with E-state index in [0.717, 1.165) is 57.8 Å². The number of hydrogen-bond acceptors (Lipinski definition) is 4. The largest absolute Gasteiger partial charge is 0.342 e. The lowest BCUT2D eigenvalue weighted by Crippen LogP contribution is -2.48. The molecular formula is C20H30N4O2. The fourth-order valence-corrected chi connectivity index (χ4v) is 4.09. The van der Waals surface area contributed by atoms with E-state index in [4.69, 9.17) is 0 Å². The highest BCUT2D eigenvalue weighted by Gasteiger charge is 2.33. The monoisotopic (exact) mass is 358 g/mol. The van der Waals surface area contributed by atoms with Crippen molar-refractivity contribution in [2.45, 2.75) is 32.1 Å². The van der Waals surface area contributed by atoms with E-state index in [1.807, 2.05) is 16.8 Å². The standard InChI is InChI=1S/C20H30N4O2/c1-21-9-4-16-7-13-23(14-8-16)20(26)18-3-2-12-24(15-18)19(25)17-5-10-22-11-6-17/h5-6,10-11,16,18,21H,2-4,7-9,12-15H2,1H3. The average molecular weight is 358 g/mol. The van der Waals surface area contributed by atoms with E-state index >= 15 is 0 Å². The number of rotatable bonds is 5. The van der Waals surface area contributed by atoms with E-state index in [1.54, 1.807) is 24.5 Å². The molecule has 1 unspecified atom stereocenters. The number of likely N-dealkylation sites (tertiary alicyclic amines) is 2. The second-order valence-corrected chi connectivity index (χ2v) is 7.49. The summed E-state index contributed by atoms with van der Waals surface area (Å²) in [5.74, 6) is 0.922. The first kappa shape index (κ1) is 18.8. The number of amides is 2. The van der Waals surface area contributed by atoms with Crippen molar-refractivity contribution in [2.75, 3.05) is 39.8 Å². The lowest BCUT2D eigenvalue weighted by atomic mass is 9.91. The molecule has 0 saturated carbocycles. The maximum atomic E-state index is 12.9. The molecule has 2 fully saturated rings. The van der Waals surface area contributed by atoms with Crippen LogP contribution in [0.1, 0.15) is 42.5 Å². The van der Waals surface area contributed by atoms with Gasteiger partial charge in [0, 0.05) is 44.1 Å². The fourth-order valence-electron chi connectivity index (χ4n) is 4.09. The van der Waals surface area contributed by atoms with Gasteiger partial charge >= 0.3 is 0 Å². The highest BCUT2D eigenvalue weighted by Crippen LogP contribution is 2.25. The van der Waals surface area contributed by atoms with Gasteiger partial charge in [0.1, 0.15) is 0 Å². The van der Waals surface area contributed by atoms with Crippen molar-refractivity contribution in [3.8, 4) is 0 Å². The molecule has 1 atom stereocenters. The highest BCUT2D eigenvalue weighted by molar-refractivity contribution is 5.94. The summed E-state index contributed by atoms with van der Waals surface area (Å²) >= 11 is 0. The number of hydrogen-bond donors (Lipinski definition) is 1. The Morgan fingerprint density at radius 3 is 2.54 bits per heavy atom. The first-order valence-corrected chi connectivity index (χ1v) is 9.81. The molecule has 0 spiro atoms. The van der Waals surface area contributed by atoms with Crippen molar-refractivity contribution < 1.29 is 9.59 Å². The molecule has 0 aromatic carbocycles. The first-order valence-electron chi connectivity index (χ1n) is 9.81. The number of pyridine rings is 1. The summed E-state index contributed by atoms with van der Waals surface area (Å²) in [5, 5.41) is 3.21. The van der Waals surface area contributed by atoms with Crippen molar-refractivity contribution in [2.24, 2.45) is 11.8 Å². The molecule has 2 amide bonds. The van der Waals surface area contributed by atoms with E-state index < -0.39 is 0 Å². The molecule has 2 aliphatic rings. The second-order valence-electron chi connectivity index (χ2n) is 7.49. The number of carbonyl (C=O) groups excluding carboxylic acids is 2. The molecule has 0 bridgehead atoms. The van der Waals surface area contributed by atoms with Crippen LogP contribution in [-0.4, -0.2) is 66.4 Å². The van der Waals surface area contributed by atoms with E-state index in [9.17, 15) is 9.59 Å². The predicted octanol–water partition coefficient (Wildman–Crippen LogP) is 1.78. The maximum absolute atomic E-state index is 12.9. The molecule has 0 radical (unpaired) electrons. The Bertz CT molecular complexity index is 599. The molecule has 2 aliphatic heterocycles. The molecule has 1 N–H and O–H groups in total. The van der Waals surface area contributed by atoms with Gasteiger partial charge in [-0.3, -0.25) is 14.6 Å². The van der Waals surface area contributed by atoms with Gasteiger partial charge < -0.3 is 15.1 Å². The Balaban J connectivity index is 1.53. The number of nitrogens with one attached hydrogen (secondary N) is 1. The molecular weight excluding hydrogens is 328 g/mol. The van der Waals surface area contributed by atoms with Crippen LogP contribution in [0.4, 0.5) is 0 Å². The van der Waals surface area contributed by atoms with Crippen LogP contribution in [0.25, 0.3) is 0 Å². The smallest absolute Gasteiger partial charge is 0.253 e. The number of piperidine rings is 2. The number of aromatic nitrogens is 1. The van der Waals surface area contributed by atoms with Crippen LogP contribution >= 0.6 is 0 Å². The van der Waals surface area contributed by atoms with Crippen LogP contribution in [0, 0.1) is 11.8 Å². The summed E-state index contributed by atoms with van der Waals surface area (Å²) in [4.78, 5) is 33.4. The van der Waals surface area contributed by atoms with Gasteiger partial charge in [0.2, 0.25) is 5.91 Å². The molecule has 3 rings (SSSR count). The third-order valence-electron chi connectivity index (χ3n) is 5.71. The lowest BCUT2D eigenvalue weighted by Gasteiger charge is -2.38. The van der Waals surface area contributed by atoms with Crippen molar-refractivity contribution >= 4 is 11.8 Å². The molecule has 0 aliphatic carbocycles. The summed E-state index contributed by atoms with van der Waals surface area (Å²) in [5.41, 5.74) is 0.651. The minimum Gasteiger partial charge on any atom is -0.342 e. The molecule has 2 saturated heterocycles. The molecule has 1 aromatic heterocycles. The first-order chi connectivity index (χ1) is 12.7. The van der Waals surface area contributed by atoms with Gasteiger partial charge in [-0.25, -0.2) is 0 Å². The second kappa shape index (κ2) is 9.12. The molecule has 142 valence electrons. The Morgan fingerprint density at radius 2 is 1.85 bits per heavy atom. The number of nitrogens with zero attached hydrogens (tertiary/aromatic N) is 3. The third-order valence-corrected chi connectivity index (χ3v) is 5.71. The zero-order valence-corrected chi connectivity index (χ0v) is 15.7. The van der Waals surface area contributed by atoms with Crippen LogP contribution in [0.2, 0.25) is 0 Å². The van der Waals surface area contributed by atoms with Crippen LogP contribution < -0.4 is 5.32 Å². The Labute approximate surface area is 156 Å². The van der Waals surface area contributed by atoms with Crippen molar-refractivity contribution in [1.82, 2.24) is 20.1 Å².